The maximum atomic E-state index is 5.24. The van der Waals surface area contributed by atoms with Crippen LogP contribution in [-0.4, -0.2) is 30.5 Å². The van der Waals surface area contributed by atoms with Gasteiger partial charge in [-0.1, -0.05) is 24.9 Å². The summed E-state index contributed by atoms with van der Waals surface area (Å²) in [6.45, 7) is 6.39. The molecular weight excluding hydrogens is 298 g/mol. The number of nitrogens with one attached hydrogen (secondary N) is 1. The molecule has 1 aromatic carbocycles. The van der Waals surface area contributed by atoms with Gasteiger partial charge in [0.25, 0.3) is 0 Å². The third-order valence-corrected chi connectivity index (χ3v) is 5.28. The van der Waals surface area contributed by atoms with Gasteiger partial charge in [0.1, 0.15) is 37.0 Å². The van der Waals surface area contributed by atoms with E-state index in [4.69, 9.17) is 9.84 Å². The Balaban J connectivity index is 1.66. The van der Waals surface area contributed by atoms with Gasteiger partial charge in [-0.25, -0.2) is 0 Å². The van der Waals surface area contributed by atoms with Crippen LogP contribution in [0.5, 0.6) is 5.75 Å². The number of rotatable bonds is 6. The van der Waals surface area contributed by atoms with Crippen LogP contribution in [0.15, 0.2) is 41.3 Å². The van der Waals surface area contributed by atoms with Crippen LogP contribution in [0.2, 0.25) is 0 Å². The molecule has 3 atom stereocenters. The molecule has 24 heavy (non-hydrogen) atoms. The van der Waals surface area contributed by atoms with E-state index in [0.29, 0.717) is 10.6 Å². The normalized spacial score (nSPS) is 29.4. The zero-order chi connectivity index (χ0) is 17.0. The summed E-state index contributed by atoms with van der Waals surface area (Å²) in [6, 6.07) is 8.91. The van der Waals surface area contributed by atoms with Gasteiger partial charge in [0, 0.05) is 11.6 Å². The largest absolute Gasteiger partial charge is 0.497 e. The summed E-state index contributed by atoms with van der Waals surface area (Å²) in [4.78, 5) is 0. The summed E-state index contributed by atoms with van der Waals surface area (Å²) in [5.41, 5.74) is 2.46. The molecule has 0 spiro atoms. The van der Waals surface area contributed by atoms with Crippen molar-refractivity contribution in [2.45, 2.75) is 52.1 Å². The molecule has 0 saturated heterocycles. The molecule has 0 aromatic heterocycles. The fraction of sp³-hybridized carbons (Fsp3) is 0.550. The lowest BCUT2D eigenvalue weighted by atomic mass is 9.87. The van der Waals surface area contributed by atoms with Gasteiger partial charge in [0.15, 0.2) is 0 Å². The molecule has 3 unspecified atom stereocenters. The first-order valence-corrected chi connectivity index (χ1v) is 9.17. The van der Waals surface area contributed by atoms with Crippen molar-refractivity contribution in [3.05, 3.63) is 41.7 Å². The highest BCUT2D eigenvalue weighted by atomic mass is 16.5. The topological polar surface area (TPSA) is 33.6 Å². The Hall–Kier alpha value is -1.81. The van der Waals surface area contributed by atoms with Crippen LogP contribution in [0.3, 0.4) is 0 Å². The fourth-order valence-corrected chi connectivity index (χ4v) is 3.80. The Bertz CT molecular complexity index is 608. The lowest BCUT2D eigenvalue weighted by Crippen LogP contribution is -2.36. The number of benzene rings is 1. The van der Waals surface area contributed by atoms with E-state index < -0.39 is 0 Å². The first-order valence-electron chi connectivity index (χ1n) is 9.17. The number of allylic oxidation sites excluding steroid dienone is 1. The number of methoxy groups -OCH3 is 1. The number of hydrogen-bond acceptors (Lipinski definition) is 3. The summed E-state index contributed by atoms with van der Waals surface area (Å²) >= 11 is 0. The molecule has 0 amide bonds. The van der Waals surface area contributed by atoms with E-state index in [1.165, 1.54) is 36.9 Å². The molecule has 1 heterocycles. The Morgan fingerprint density at radius 2 is 2.04 bits per heavy atom. The molecule has 1 aromatic rings. The second kappa shape index (κ2) is 7.39. The molecule has 0 radical (unpaired) electrons. The van der Waals surface area contributed by atoms with E-state index in [2.05, 4.69) is 37.5 Å². The smallest absolute Gasteiger partial charge is 0.148 e. The first kappa shape index (κ1) is 17.0. The predicted octanol–water partition coefficient (Wildman–Crippen LogP) is 4.04. The van der Waals surface area contributed by atoms with Crippen molar-refractivity contribution in [1.82, 2.24) is 5.32 Å². The molecule has 1 fully saturated rings. The zero-order valence-electron chi connectivity index (χ0n) is 15.2. The van der Waals surface area contributed by atoms with E-state index in [-0.39, 0.29) is 0 Å². The van der Waals surface area contributed by atoms with Crippen LogP contribution < -0.4 is 10.1 Å². The molecule has 1 aliphatic heterocycles. The predicted molar refractivity (Wildman–Crippen MR) is 98.6 cm³/mol. The van der Waals surface area contributed by atoms with E-state index in [9.17, 15) is 0 Å². The van der Waals surface area contributed by atoms with Crippen LogP contribution in [-0.2, 0) is 6.54 Å². The van der Waals surface area contributed by atoms with Gasteiger partial charge in [-0.2, -0.15) is 4.59 Å². The Kier molecular flexibility index (Phi) is 5.24. The quantitative estimate of drug-likeness (QED) is 0.800. The summed E-state index contributed by atoms with van der Waals surface area (Å²) in [5, 5.41) is 8.53. The van der Waals surface area contributed by atoms with Crippen molar-refractivity contribution in [2.24, 2.45) is 11.0 Å². The highest BCUT2D eigenvalue weighted by molar-refractivity contribution is 5.78. The first-order chi connectivity index (χ1) is 11.6. The molecule has 4 heteroatoms. The van der Waals surface area contributed by atoms with Crippen LogP contribution in [0.4, 0.5) is 0 Å². The van der Waals surface area contributed by atoms with Crippen molar-refractivity contribution < 1.29 is 9.33 Å². The van der Waals surface area contributed by atoms with Gasteiger partial charge in [-0.05, 0) is 49.9 Å². The molecule has 3 rings (SSSR count). The molecule has 1 saturated carbocycles. The maximum absolute atomic E-state index is 5.24. The lowest BCUT2D eigenvalue weighted by molar-refractivity contribution is -0.895. The minimum Gasteiger partial charge on any atom is -0.497 e. The Morgan fingerprint density at radius 3 is 2.71 bits per heavy atom. The third-order valence-electron chi connectivity index (χ3n) is 5.28. The number of quaternary nitrogens is 1. The minimum absolute atomic E-state index is 0.601. The molecule has 4 nitrogen and oxygen atoms in total. The van der Waals surface area contributed by atoms with E-state index in [1.807, 2.05) is 18.3 Å². The van der Waals surface area contributed by atoms with Crippen molar-refractivity contribution in [3.8, 4) is 5.75 Å². The second-order valence-corrected chi connectivity index (χ2v) is 7.25. The Morgan fingerprint density at radius 1 is 1.25 bits per heavy atom. The van der Waals surface area contributed by atoms with Gasteiger partial charge in [-0.15, -0.1) is 0 Å². The van der Waals surface area contributed by atoms with Gasteiger partial charge >= 0.3 is 0 Å². The van der Waals surface area contributed by atoms with Crippen molar-refractivity contribution in [1.29, 1.82) is 0 Å². The lowest BCUT2D eigenvalue weighted by Gasteiger charge is -2.28. The van der Waals surface area contributed by atoms with Crippen LogP contribution in [0.1, 0.15) is 45.1 Å². The molecule has 1 aliphatic carbocycles. The van der Waals surface area contributed by atoms with Crippen LogP contribution in [0.25, 0.3) is 0 Å². The number of hydrogen-bond donors (Lipinski definition) is 1. The van der Waals surface area contributed by atoms with Gasteiger partial charge < -0.3 is 10.1 Å². The standard InChI is InChI=1S/C20H30N3O/c1-4-23(14-17-8-10-20(24-3)11-9-17)15-19(13-21-23)22-18-7-5-6-16(2)12-18/h8-11,13,15-16,18,22H,4-7,12,14H2,1-3H3/q+1. The van der Waals surface area contributed by atoms with Crippen molar-refractivity contribution >= 4 is 6.21 Å². The van der Waals surface area contributed by atoms with E-state index >= 15 is 0 Å². The highest BCUT2D eigenvalue weighted by Crippen LogP contribution is 2.26. The van der Waals surface area contributed by atoms with Gasteiger partial charge in [-0.3, -0.25) is 0 Å². The number of nitrogens with zero attached hydrogens (tertiary/aromatic N) is 2. The van der Waals surface area contributed by atoms with Crippen LogP contribution >= 0.6 is 0 Å². The Labute approximate surface area is 145 Å². The molecule has 130 valence electrons. The second-order valence-electron chi connectivity index (χ2n) is 7.25. The minimum atomic E-state index is 0.601. The average molecular weight is 328 g/mol. The highest BCUT2D eigenvalue weighted by Gasteiger charge is 2.30. The average Bonchev–Trinajstić information content (AvgIpc) is 2.99. The molecular formula is C20H30N3O+. The SMILES string of the molecule is CC[N+]1(Cc2ccc(OC)cc2)C=C(NC2CCCC(C)C2)C=N1. The van der Waals surface area contributed by atoms with E-state index in [0.717, 1.165) is 24.8 Å². The monoisotopic (exact) mass is 328 g/mol. The van der Waals surface area contributed by atoms with Crippen molar-refractivity contribution in [2.75, 3.05) is 13.7 Å². The van der Waals surface area contributed by atoms with Crippen LogP contribution in [0, 0.1) is 5.92 Å². The van der Waals surface area contributed by atoms with E-state index in [1.54, 1.807) is 7.11 Å². The molecule has 2 aliphatic rings. The maximum Gasteiger partial charge on any atom is 0.148 e. The summed E-state index contributed by atoms with van der Waals surface area (Å²) < 4.78 is 5.88. The third kappa shape index (κ3) is 3.99. The summed E-state index contributed by atoms with van der Waals surface area (Å²) in [7, 11) is 1.70. The fourth-order valence-electron chi connectivity index (χ4n) is 3.80. The van der Waals surface area contributed by atoms with Gasteiger partial charge in [0.05, 0.1) is 7.11 Å². The molecule has 0 bridgehead atoms. The molecule has 1 N–H and O–H groups in total. The summed E-state index contributed by atoms with van der Waals surface area (Å²) in [6.07, 6.45) is 9.56. The number of ether oxygens (including phenoxy) is 1. The summed E-state index contributed by atoms with van der Waals surface area (Å²) in [5.74, 6) is 1.73. The zero-order valence-corrected chi connectivity index (χ0v) is 15.2. The van der Waals surface area contributed by atoms with Crippen molar-refractivity contribution in [3.63, 3.8) is 0 Å². The van der Waals surface area contributed by atoms with Gasteiger partial charge in [0.2, 0.25) is 0 Å².